The Hall–Kier alpha value is -0.500. The van der Waals surface area contributed by atoms with E-state index in [4.69, 9.17) is 10.2 Å². The van der Waals surface area contributed by atoms with Crippen LogP contribution in [-0.4, -0.2) is 16.8 Å². The molecule has 42 valence electrons. The fraction of sp³-hybridized carbons (Fsp3) is 0.600. The highest BCUT2D eigenvalue weighted by Crippen LogP contribution is 1.90. The average molecular weight is 102 g/mol. The van der Waals surface area contributed by atoms with E-state index in [2.05, 4.69) is 0 Å². The summed E-state index contributed by atoms with van der Waals surface area (Å²) < 4.78 is 0. The molecule has 0 unspecified atom stereocenters. The summed E-state index contributed by atoms with van der Waals surface area (Å²) in [5.41, 5.74) is 0. The zero-order valence-corrected chi connectivity index (χ0v) is 4.39. The largest absolute Gasteiger partial charge is 0.513 e. The van der Waals surface area contributed by atoms with Crippen LogP contribution in [-0.2, 0) is 0 Å². The maximum absolute atomic E-state index is 8.56. The molecule has 0 rings (SSSR count). The SMILES string of the molecule is CC/C(O)=C/CO. The Bertz CT molecular complexity index is 66.5. The molecular weight excluding hydrogens is 92.1 g/mol. The van der Waals surface area contributed by atoms with Gasteiger partial charge in [-0.15, -0.1) is 0 Å². The van der Waals surface area contributed by atoms with E-state index in [1.807, 2.05) is 6.92 Å². The van der Waals surface area contributed by atoms with Gasteiger partial charge in [0.05, 0.1) is 12.4 Å². The number of hydrogen-bond donors (Lipinski definition) is 2. The van der Waals surface area contributed by atoms with Crippen molar-refractivity contribution in [3.8, 4) is 0 Å². The van der Waals surface area contributed by atoms with Gasteiger partial charge in [0.1, 0.15) is 0 Å². The first kappa shape index (κ1) is 6.50. The van der Waals surface area contributed by atoms with Crippen LogP contribution in [0.25, 0.3) is 0 Å². The van der Waals surface area contributed by atoms with Crippen molar-refractivity contribution in [2.75, 3.05) is 6.61 Å². The Morgan fingerprint density at radius 1 is 1.71 bits per heavy atom. The van der Waals surface area contributed by atoms with Gasteiger partial charge < -0.3 is 10.2 Å². The van der Waals surface area contributed by atoms with Crippen molar-refractivity contribution in [3.05, 3.63) is 11.8 Å². The first-order chi connectivity index (χ1) is 3.31. The van der Waals surface area contributed by atoms with Gasteiger partial charge in [0.2, 0.25) is 0 Å². The lowest BCUT2D eigenvalue weighted by Crippen LogP contribution is -1.79. The fourth-order valence-corrected chi connectivity index (χ4v) is 0.250. The minimum absolute atomic E-state index is 0.0698. The molecule has 0 aromatic carbocycles. The van der Waals surface area contributed by atoms with Gasteiger partial charge in [-0.05, 0) is 6.08 Å². The topological polar surface area (TPSA) is 40.5 Å². The third kappa shape index (κ3) is 3.33. The Kier molecular flexibility index (Phi) is 3.42. The number of aliphatic hydroxyl groups excluding tert-OH is 2. The average Bonchev–Trinajstić information content (AvgIpc) is 1.68. The van der Waals surface area contributed by atoms with Gasteiger partial charge in [0.15, 0.2) is 0 Å². The van der Waals surface area contributed by atoms with E-state index in [-0.39, 0.29) is 12.4 Å². The smallest absolute Gasteiger partial charge is 0.0902 e. The Morgan fingerprint density at radius 2 is 2.29 bits per heavy atom. The molecule has 0 aliphatic heterocycles. The summed E-state index contributed by atoms with van der Waals surface area (Å²) in [6.07, 6.45) is 1.97. The molecule has 0 spiro atoms. The molecule has 0 amide bonds. The maximum Gasteiger partial charge on any atom is 0.0902 e. The molecule has 0 saturated heterocycles. The first-order valence-corrected chi connectivity index (χ1v) is 2.30. The van der Waals surface area contributed by atoms with Crippen molar-refractivity contribution < 1.29 is 10.2 Å². The quantitative estimate of drug-likeness (QED) is 0.507. The predicted molar refractivity (Wildman–Crippen MR) is 28.1 cm³/mol. The molecule has 0 heterocycles. The van der Waals surface area contributed by atoms with Crippen molar-refractivity contribution in [1.82, 2.24) is 0 Å². The molecule has 0 atom stereocenters. The number of hydrogen-bond acceptors (Lipinski definition) is 2. The molecule has 0 saturated carbocycles. The molecule has 0 fully saturated rings. The van der Waals surface area contributed by atoms with Crippen LogP contribution >= 0.6 is 0 Å². The lowest BCUT2D eigenvalue weighted by atomic mass is 10.4. The zero-order chi connectivity index (χ0) is 5.70. The van der Waals surface area contributed by atoms with Gasteiger partial charge >= 0.3 is 0 Å². The predicted octanol–water partition coefficient (Wildman–Crippen LogP) is 0.831. The lowest BCUT2D eigenvalue weighted by molar-refractivity contribution is 0.326. The Balaban J connectivity index is 3.29. The van der Waals surface area contributed by atoms with Gasteiger partial charge in [-0.1, -0.05) is 6.92 Å². The Labute approximate surface area is 43.1 Å². The van der Waals surface area contributed by atoms with Crippen LogP contribution in [0.4, 0.5) is 0 Å². The van der Waals surface area contributed by atoms with E-state index in [1.165, 1.54) is 6.08 Å². The molecule has 0 aliphatic rings. The van der Waals surface area contributed by atoms with Crippen molar-refractivity contribution in [2.24, 2.45) is 0 Å². The van der Waals surface area contributed by atoms with E-state index < -0.39 is 0 Å². The van der Waals surface area contributed by atoms with Crippen molar-refractivity contribution in [3.63, 3.8) is 0 Å². The summed E-state index contributed by atoms with van der Waals surface area (Å²) in [4.78, 5) is 0. The number of rotatable bonds is 2. The van der Waals surface area contributed by atoms with E-state index in [0.29, 0.717) is 6.42 Å². The summed E-state index contributed by atoms with van der Waals surface area (Å²) in [7, 11) is 0. The van der Waals surface area contributed by atoms with E-state index in [9.17, 15) is 0 Å². The second kappa shape index (κ2) is 3.68. The van der Waals surface area contributed by atoms with Crippen molar-refractivity contribution >= 4 is 0 Å². The fourth-order valence-electron chi connectivity index (χ4n) is 0.250. The molecule has 7 heavy (non-hydrogen) atoms. The normalized spacial score (nSPS) is 12.0. The van der Waals surface area contributed by atoms with Gasteiger partial charge in [-0.3, -0.25) is 0 Å². The number of allylic oxidation sites excluding steroid dienone is 1. The second-order valence-electron chi connectivity index (χ2n) is 1.23. The van der Waals surface area contributed by atoms with E-state index in [1.54, 1.807) is 0 Å². The minimum Gasteiger partial charge on any atom is -0.513 e. The lowest BCUT2D eigenvalue weighted by Gasteiger charge is -1.87. The molecule has 0 radical (unpaired) electrons. The third-order valence-electron chi connectivity index (χ3n) is 0.689. The molecule has 0 aromatic rings. The maximum atomic E-state index is 8.56. The molecule has 0 aliphatic carbocycles. The van der Waals surface area contributed by atoms with Crippen LogP contribution in [0.3, 0.4) is 0 Å². The van der Waals surface area contributed by atoms with Gasteiger partial charge in [-0.2, -0.15) is 0 Å². The van der Waals surface area contributed by atoms with Gasteiger partial charge in [0.25, 0.3) is 0 Å². The second-order valence-corrected chi connectivity index (χ2v) is 1.23. The zero-order valence-electron chi connectivity index (χ0n) is 4.39. The van der Waals surface area contributed by atoms with Crippen LogP contribution in [0.1, 0.15) is 13.3 Å². The van der Waals surface area contributed by atoms with Crippen molar-refractivity contribution in [1.29, 1.82) is 0 Å². The standard InChI is InChI=1S/C5H10O2/c1-2-5(7)3-4-6/h3,6-7H,2,4H2,1H3/b5-3-. The van der Waals surface area contributed by atoms with Crippen LogP contribution in [0.15, 0.2) is 11.8 Å². The summed E-state index contributed by atoms with van der Waals surface area (Å²) in [5.74, 6) is 0.252. The molecule has 2 nitrogen and oxygen atoms in total. The third-order valence-corrected chi connectivity index (χ3v) is 0.689. The molecule has 2 heteroatoms. The first-order valence-electron chi connectivity index (χ1n) is 2.30. The Morgan fingerprint density at radius 3 is 2.43 bits per heavy atom. The highest BCUT2D eigenvalue weighted by atomic mass is 16.3. The molecule has 0 bridgehead atoms. The molecular formula is C5H10O2. The summed E-state index contributed by atoms with van der Waals surface area (Å²) in [6, 6.07) is 0. The van der Waals surface area contributed by atoms with Crippen LogP contribution in [0, 0.1) is 0 Å². The van der Waals surface area contributed by atoms with Crippen LogP contribution < -0.4 is 0 Å². The minimum atomic E-state index is -0.0698. The monoisotopic (exact) mass is 102 g/mol. The summed E-state index contributed by atoms with van der Waals surface area (Å²) in [5, 5.41) is 16.7. The molecule has 2 N–H and O–H groups in total. The van der Waals surface area contributed by atoms with Gasteiger partial charge in [0, 0.05) is 6.42 Å². The van der Waals surface area contributed by atoms with E-state index >= 15 is 0 Å². The van der Waals surface area contributed by atoms with Crippen LogP contribution in [0.2, 0.25) is 0 Å². The van der Waals surface area contributed by atoms with E-state index in [0.717, 1.165) is 0 Å². The molecule has 0 aromatic heterocycles. The van der Waals surface area contributed by atoms with Crippen molar-refractivity contribution in [2.45, 2.75) is 13.3 Å². The van der Waals surface area contributed by atoms with Crippen LogP contribution in [0.5, 0.6) is 0 Å². The highest BCUT2D eigenvalue weighted by molar-refractivity contribution is 4.88. The summed E-state index contributed by atoms with van der Waals surface area (Å²) >= 11 is 0. The van der Waals surface area contributed by atoms with Gasteiger partial charge in [-0.25, -0.2) is 0 Å². The summed E-state index contributed by atoms with van der Waals surface area (Å²) in [6.45, 7) is 1.75. The highest BCUT2D eigenvalue weighted by Gasteiger charge is 1.80. The number of aliphatic hydroxyl groups is 2.